The van der Waals surface area contributed by atoms with Crippen LogP contribution in [-0.2, 0) is 9.53 Å². The molecular weight excluding hydrogens is 366 g/mol. The molecule has 0 heterocycles. The Kier molecular flexibility index (Phi) is 8.43. The largest absolute Gasteiger partial charge is 0.490 e. The van der Waals surface area contributed by atoms with E-state index in [0.29, 0.717) is 0 Å². The van der Waals surface area contributed by atoms with Gasteiger partial charge in [0, 0.05) is 6.04 Å². The van der Waals surface area contributed by atoms with Gasteiger partial charge in [0.25, 0.3) is 5.91 Å². The van der Waals surface area contributed by atoms with Crippen LogP contribution in [0.3, 0.4) is 0 Å². The third kappa shape index (κ3) is 7.47. The van der Waals surface area contributed by atoms with Gasteiger partial charge in [-0.05, 0) is 45.9 Å². The van der Waals surface area contributed by atoms with Gasteiger partial charge in [0.1, 0.15) is 0 Å². The number of carbonyl (C=O) groups excluding carboxylic acids is 3. The molecule has 0 aromatic heterocycles. The molecule has 0 unspecified atom stereocenters. The van der Waals surface area contributed by atoms with E-state index in [4.69, 9.17) is 9.47 Å². The molecule has 0 aliphatic rings. The maximum absolute atomic E-state index is 12.4. The lowest BCUT2D eigenvalue weighted by Gasteiger charge is -2.15. The summed E-state index contributed by atoms with van der Waals surface area (Å²) in [5.74, 6) is -2.02. The topological polar surface area (TPSA) is 103 Å². The summed E-state index contributed by atoms with van der Waals surface area (Å²) in [5.41, 5.74) is -0.0358. The van der Waals surface area contributed by atoms with Crippen LogP contribution in [0, 0.1) is 0 Å². The maximum Gasteiger partial charge on any atom is 0.387 e. The van der Waals surface area contributed by atoms with Crippen LogP contribution in [0.15, 0.2) is 18.2 Å². The number of benzene rings is 1. The Morgan fingerprint density at radius 2 is 1.78 bits per heavy atom. The number of nitrogens with one attached hydrogen (secondary N) is 2. The van der Waals surface area contributed by atoms with Crippen molar-refractivity contribution in [1.29, 1.82) is 0 Å². The van der Waals surface area contributed by atoms with E-state index in [1.807, 2.05) is 5.32 Å². The highest BCUT2D eigenvalue weighted by atomic mass is 19.3. The SMILES string of the molecule is CCOc1cc(C(=O)O[C@@H](C)C(=O)NC(=O)NC(C)C)ccc1OC(F)F. The molecule has 10 heteroatoms. The molecule has 3 amide bonds. The van der Waals surface area contributed by atoms with Crippen molar-refractivity contribution >= 4 is 17.9 Å². The van der Waals surface area contributed by atoms with Gasteiger partial charge in [0.2, 0.25) is 0 Å². The zero-order valence-electron chi connectivity index (χ0n) is 15.4. The van der Waals surface area contributed by atoms with Crippen molar-refractivity contribution in [3.63, 3.8) is 0 Å². The van der Waals surface area contributed by atoms with Crippen molar-refractivity contribution in [2.24, 2.45) is 0 Å². The van der Waals surface area contributed by atoms with Gasteiger partial charge in [-0.25, -0.2) is 9.59 Å². The van der Waals surface area contributed by atoms with Crippen molar-refractivity contribution < 1.29 is 37.4 Å². The zero-order valence-corrected chi connectivity index (χ0v) is 15.4. The number of halogens is 2. The summed E-state index contributed by atoms with van der Waals surface area (Å²) in [7, 11) is 0. The van der Waals surface area contributed by atoms with Gasteiger partial charge in [-0.15, -0.1) is 0 Å². The molecular formula is C17H22F2N2O6. The summed E-state index contributed by atoms with van der Waals surface area (Å²) in [5, 5.41) is 4.49. The van der Waals surface area contributed by atoms with Crippen LogP contribution in [0.1, 0.15) is 38.1 Å². The highest BCUT2D eigenvalue weighted by Gasteiger charge is 2.22. The molecule has 0 radical (unpaired) electrons. The summed E-state index contributed by atoms with van der Waals surface area (Å²) < 4.78 is 39.3. The molecule has 0 fully saturated rings. The fraction of sp³-hybridized carbons (Fsp3) is 0.471. The predicted octanol–water partition coefficient (Wildman–Crippen LogP) is 2.47. The molecule has 1 rings (SSSR count). The highest BCUT2D eigenvalue weighted by molar-refractivity contribution is 5.98. The first-order valence-corrected chi connectivity index (χ1v) is 8.18. The second-order valence-corrected chi connectivity index (χ2v) is 5.64. The van der Waals surface area contributed by atoms with Crippen LogP contribution < -0.4 is 20.1 Å². The van der Waals surface area contributed by atoms with Gasteiger partial charge in [-0.1, -0.05) is 0 Å². The second-order valence-electron chi connectivity index (χ2n) is 5.64. The van der Waals surface area contributed by atoms with Crippen molar-refractivity contribution in [2.75, 3.05) is 6.61 Å². The summed E-state index contributed by atoms with van der Waals surface area (Å²) >= 11 is 0. The smallest absolute Gasteiger partial charge is 0.387 e. The van der Waals surface area contributed by atoms with Gasteiger partial charge in [0.05, 0.1) is 12.2 Å². The fourth-order valence-electron chi connectivity index (χ4n) is 1.89. The van der Waals surface area contributed by atoms with E-state index < -0.39 is 30.6 Å². The van der Waals surface area contributed by atoms with Gasteiger partial charge in [-0.2, -0.15) is 8.78 Å². The number of urea groups is 1. The number of amides is 3. The summed E-state index contributed by atoms with van der Waals surface area (Å²) in [4.78, 5) is 35.5. The number of carbonyl (C=O) groups is 3. The number of hydrogen-bond donors (Lipinski definition) is 2. The van der Waals surface area contributed by atoms with Crippen molar-refractivity contribution in [3.05, 3.63) is 23.8 Å². The van der Waals surface area contributed by atoms with E-state index in [0.717, 1.165) is 6.07 Å². The van der Waals surface area contributed by atoms with Crippen LogP contribution in [0.5, 0.6) is 11.5 Å². The van der Waals surface area contributed by atoms with Crippen LogP contribution in [0.4, 0.5) is 13.6 Å². The van der Waals surface area contributed by atoms with Crippen molar-refractivity contribution in [1.82, 2.24) is 10.6 Å². The number of ether oxygens (including phenoxy) is 3. The van der Waals surface area contributed by atoms with E-state index in [9.17, 15) is 23.2 Å². The average Bonchev–Trinajstić information content (AvgIpc) is 2.55. The summed E-state index contributed by atoms with van der Waals surface area (Å²) in [6.07, 6.45) is -1.26. The highest BCUT2D eigenvalue weighted by Crippen LogP contribution is 2.30. The van der Waals surface area contributed by atoms with Crippen LogP contribution >= 0.6 is 0 Å². The van der Waals surface area contributed by atoms with E-state index >= 15 is 0 Å². The zero-order chi connectivity index (χ0) is 20.6. The molecule has 1 aromatic carbocycles. The lowest BCUT2D eigenvalue weighted by atomic mass is 10.2. The number of esters is 1. The Bertz CT molecular complexity index is 681. The quantitative estimate of drug-likeness (QED) is 0.663. The Balaban J connectivity index is 2.79. The third-order valence-corrected chi connectivity index (χ3v) is 3.00. The molecule has 0 saturated heterocycles. The molecule has 2 N–H and O–H groups in total. The van der Waals surface area contributed by atoms with E-state index in [-0.39, 0.29) is 29.7 Å². The van der Waals surface area contributed by atoms with Crippen LogP contribution in [0.2, 0.25) is 0 Å². The molecule has 8 nitrogen and oxygen atoms in total. The lowest BCUT2D eigenvalue weighted by molar-refractivity contribution is -0.127. The molecule has 1 aromatic rings. The standard InChI is InChI=1S/C17H22F2N2O6/c1-5-25-13-8-11(6-7-12(13)27-16(18)19)15(23)26-10(4)14(22)21-17(24)20-9(2)3/h6-10,16H,5H2,1-4H3,(H2,20,21,22,24)/t10-/m0/s1. The lowest BCUT2D eigenvalue weighted by Crippen LogP contribution is -2.46. The fourth-order valence-corrected chi connectivity index (χ4v) is 1.89. The van der Waals surface area contributed by atoms with Gasteiger partial charge in [0.15, 0.2) is 17.6 Å². The molecule has 0 aliphatic heterocycles. The normalized spacial score (nSPS) is 11.7. The third-order valence-electron chi connectivity index (χ3n) is 3.00. The summed E-state index contributed by atoms with van der Waals surface area (Å²) in [6.45, 7) is 3.44. The first-order valence-electron chi connectivity index (χ1n) is 8.18. The van der Waals surface area contributed by atoms with Crippen molar-refractivity contribution in [3.8, 4) is 11.5 Å². The first kappa shape index (κ1) is 22.1. The van der Waals surface area contributed by atoms with Gasteiger partial charge >= 0.3 is 18.6 Å². The first-order chi connectivity index (χ1) is 12.6. The Labute approximate surface area is 155 Å². The number of imide groups is 1. The molecule has 150 valence electrons. The predicted molar refractivity (Wildman–Crippen MR) is 90.9 cm³/mol. The minimum absolute atomic E-state index is 0.0358. The minimum atomic E-state index is -3.05. The monoisotopic (exact) mass is 388 g/mol. The minimum Gasteiger partial charge on any atom is -0.490 e. The Morgan fingerprint density at radius 1 is 1.11 bits per heavy atom. The second kappa shape index (κ2) is 10.3. The Hall–Kier alpha value is -2.91. The molecule has 0 saturated carbocycles. The number of rotatable bonds is 8. The molecule has 1 atom stereocenters. The number of hydrogen-bond acceptors (Lipinski definition) is 6. The van der Waals surface area contributed by atoms with Gasteiger partial charge in [-0.3, -0.25) is 10.1 Å². The van der Waals surface area contributed by atoms with Gasteiger partial charge < -0.3 is 19.5 Å². The molecule has 0 bridgehead atoms. The van der Waals surface area contributed by atoms with Crippen molar-refractivity contribution in [2.45, 2.75) is 46.5 Å². The van der Waals surface area contributed by atoms with E-state index in [1.165, 1.54) is 19.1 Å². The summed E-state index contributed by atoms with van der Waals surface area (Å²) in [6, 6.07) is 2.60. The van der Waals surface area contributed by atoms with E-state index in [1.54, 1.807) is 20.8 Å². The van der Waals surface area contributed by atoms with E-state index in [2.05, 4.69) is 10.1 Å². The molecule has 0 aliphatic carbocycles. The van der Waals surface area contributed by atoms with Crippen LogP contribution in [0.25, 0.3) is 0 Å². The molecule has 27 heavy (non-hydrogen) atoms. The Morgan fingerprint density at radius 3 is 2.33 bits per heavy atom. The molecule has 0 spiro atoms. The average molecular weight is 388 g/mol. The van der Waals surface area contributed by atoms with Crippen LogP contribution in [-0.4, -0.2) is 43.3 Å². The maximum atomic E-state index is 12.4. The number of alkyl halides is 2.